The van der Waals surface area contributed by atoms with Crippen molar-refractivity contribution in [1.29, 1.82) is 0 Å². The Morgan fingerprint density at radius 1 is 1.15 bits per heavy atom. The molecule has 0 aliphatic carbocycles. The SMILES string of the molecule is O=C(NCCC#Cc1ccc(OC(F)(F)F)cc1O)OCc1ccccc1. The third-order valence-corrected chi connectivity index (χ3v) is 3.16. The van der Waals surface area contributed by atoms with Crippen LogP contribution in [0.3, 0.4) is 0 Å². The monoisotopic (exact) mass is 379 g/mol. The van der Waals surface area contributed by atoms with Crippen molar-refractivity contribution < 1.29 is 32.5 Å². The van der Waals surface area contributed by atoms with E-state index >= 15 is 0 Å². The lowest BCUT2D eigenvalue weighted by molar-refractivity contribution is -0.274. The molecule has 1 amide bonds. The number of amides is 1. The highest BCUT2D eigenvalue weighted by atomic mass is 19.4. The van der Waals surface area contributed by atoms with Gasteiger partial charge in [0.05, 0.1) is 5.56 Å². The normalized spacial score (nSPS) is 10.5. The molecular formula is C19H16F3NO4. The summed E-state index contributed by atoms with van der Waals surface area (Å²) in [6.45, 7) is 0.370. The van der Waals surface area contributed by atoms with Crippen LogP contribution in [0.25, 0.3) is 0 Å². The third kappa shape index (κ3) is 7.61. The molecule has 0 aliphatic heterocycles. The minimum atomic E-state index is -4.83. The van der Waals surface area contributed by atoms with Gasteiger partial charge in [-0.2, -0.15) is 0 Å². The van der Waals surface area contributed by atoms with E-state index < -0.39 is 24.0 Å². The molecule has 5 nitrogen and oxygen atoms in total. The number of alkyl carbamates (subject to hydrolysis) is 1. The van der Waals surface area contributed by atoms with E-state index in [1.165, 1.54) is 6.07 Å². The molecule has 0 saturated carbocycles. The fourth-order valence-electron chi connectivity index (χ4n) is 1.97. The molecule has 0 radical (unpaired) electrons. The van der Waals surface area contributed by atoms with Gasteiger partial charge in [0, 0.05) is 19.0 Å². The number of hydrogen-bond donors (Lipinski definition) is 2. The molecule has 0 unspecified atom stereocenters. The van der Waals surface area contributed by atoms with Crippen molar-refractivity contribution in [1.82, 2.24) is 5.32 Å². The highest BCUT2D eigenvalue weighted by Crippen LogP contribution is 2.27. The Hall–Kier alpha value is -3.34. The number of aromatic hydroxyl groups is 1. The fraction of sp³-hybridized carbons (Fsp3) is 0.211. The molecule has 0 bridgehead atoms. The van der Waals surface area contributed by atoms with Gasteiger partial charge in [0.1, 0.15) is 18.1 Å². The molecule has 2 aromatic rings. The first kappa shape index (κ1) is 20.0. The van der Waals surface area contributed by atoms with Crippen LogP contribution in [0.2, 0.25) is 0 Å². The van der Waals surface area contributed by atoms with Crippen molar-refractivity contribution in [3.05, 3.63) is 59.7 Å². The largest absolute Gasteiger partial charge is 0.573 e. The van der Waals surface area contributed by atoms with Crippen LogP contribution < -0.4 is 10.1 Å². The van der Waals surface area contributed by atoms with E-state index in [1.54, 1.807) is 0 Å². The minimum Gasteiger partial charge on any atom is -0.507 e. The predicted molar refractivity (Wildman–Crippen MR) is 90.9 cm³/mol. The molecule has 2 N–H and O–H groups in total. The second-order valence-electron chi connectivity index (χ2n) is 5.27. The molecule has 2 aromatic carbocycles. The van der Waals surface area contributed by atoms with E-state index in [1.807, 2.05) is 30.3 Å². The van der Waals surface area contributed by atoms with Crippen LogP contribution in [-0.4, -0.2) is 24.1 Å². The number of alkyl halides is 3. The molecule has 0 aliphatic rings. The van der Waals surface area contributed by atoms with Gasteiger partial charge in [-0.25, -0.2) is 4.79 Å². The standard InChI is InChI=1S/C19H16F3NO4/c20-19(21,22)27-16-10-9-15(17(24)12-16)8-4-5-11-23-18(25)26-13-14-6-2-1-3-7-14/h1-3,6-7,9-10,12,24H,5,11,13H2,(H,23,25). The summed E-state index contributed by atoms with van der Waals surface area (Å²) in [5.41, 5.74) is 1.01. The van der Waals surface area contributed by atoms with Crippen LogP contribution in [0.4, 0.5) is 18.0 Å². The average Bonchev–Trinajstić information content (AvgIpc) is 2.61. The van der Waals surface area contributed by atoms with E-state index in [0.29, 0.717) is 0 Å². The molecular weight excluding hydrogens is 363 g/mol. The summed E-state index contributed by atoms with van der Waals surface area (Å²) >= 11 is 0. The lowest BCUT2D eigenvalue weighted by atomic mass is 10.2. The molecule has 0 fully saturated rings. The van der Waals surface area contributed by atoms with Crippen LogP contribution >= 0.6 is 0 Å². The Labute approximate surface area is 153 Å². The van der Waals surface area contributed by atoms with Gasteiger partial charge in [0.2, 0.25) is 0 Å². The topological polar surface area (TPSA) is 67.8 Å². The average molecular weight is 379 g/mol. The van der Waals surface area contributed by atoms with Gasteiger partial charge in [-0.15, -0.1) is 13.2 Å². The van der Waals surface area contributed by atoms with E-state index in [4.69, 9.17) is 4.74 Å². The Kier molecular flexibility index (Phi) is 6.94. The molecule has 142 valence electrons. The van der Waals surface area contributed by atoms with Crippen molar-refractivity contribution in [3.63, 3.8) is 0 Å². The number of ether oxygens (including phenoxy) is 2. The molecule has 0 aromatic heterocycles. The second kappa shape index (κ2) is 9.38. The Balaban J connectivity index is 1.74. The van der Waals surface area contributed by atoms with Crippen molar-refractivity contribution in [2.75, 3.05) is 6.54 Å². The number of carbonyl (C=O) groups is 1. The van der Waals surface area contributed by atoms with Crippen LogP contribution in [0.1, 0.15) is 17.5 Å². The Bertz CT molecular complexity index is 826. The van der Waals surface area contributed by atoms with Crippen LogP contribution in [0.15, 0.2) is 48.5 Å². The van der Waals surface area contributed by atoms with Crippen LogP contribution in [0, 0.1) is 11.8 Å². The van der Waals surface area contributed by atoms with E-state index in [2.05, 4.69) is 21.9 Å². The number of nitrogens with one attached hydrogen (secondary N) is 1. The maximum Gasteiger partial charge on any atom is 0.573 e. The van der Waals surface area contributed by atoms with Gasteiger partial charge >= 0.3 is 12.5 Å². The van der Waals surface area contributed by atoms with Crippen molar-refractivity contribution in [3.8, 4) is 23.3 Å². The van der Waals surface area contributed by atoms with Crippen LogP contribution in [-0.2, 0) is 11.3 Å². The number of hydrogen-bond acceptors (Lipinski definition) is 4. The zero-order valence-corrected chi connectivity index (χ0v) is 14.0. The molecule has 27 heavy (non-hydrogen) atoms. The first-order valence-corrected chi connectivity index (χ1v) is 7.86. The molecule has 0 heterocycles. The highest BCUT2D eigenvalue weighted by molar-refractivity contribution is 5.67. The zero-order valence-electron chi connectivity index (χ0n) is 14.0. The number of phenolic OH excluding ortho intramolecular Hbond substituents is 1. The number of rotatable bonds is 5. The number of benzene rings is 2. The van der Waals surface area contributed by atoms with E-state index in [9.17, 15) is 23.1 Å². The van der Waals surface area contributed by atoms with Gasteiger partial charge in [0.15, 0.2) is 0 Å². The first-order chi connectivity index (χ1) is 12.8. The summed E-state index contributed by atoms with van der Waals surface area (Å²) in [5, 5.41) is 12.2. The Morgan fingerprint density at radius 2 is 1.89 bits per heavy atom. The quantitative estimate of drug-likeness (QED) is 0.610. The predicted octanol–water partition coefficient (Wildman–Crippen LogP) is 3.96. The van der Waals surface area contributed by atoms with Gasteiger partial charge in [-0.3, -0.25) is 0 Å². The maximum absolute atomic E-state index is 12.1. The first-order valence-electron chi connectivity index (χ1n) is 7.86. The smallest absolute Gasteiger partial charge is 0.507 e. The molecule has 2 rings (SSSR count). The molecule has 0 atom stereocenters. The van der Waals surface area contributed by atoms with Gasteiger partial charge < -0.3 is 19.9 Å². The Morgan fingerprint density at radius 3 is 2.56 bits per heavy atom. The summed E-state index contributed by atoms with van der Waals surface area (Å²) in [4.78, 5) is 11.5. The minimum absolute atomic E-state index is 0.149. The fourth-order valence-corrected chi connectivity index (χ4v) is 1.97. The third-order valence-electron chi connectivity index (χ3n) is 3.16. The maximum atomic E-state index is 12.1. The van der Waals surface area contributed by atoms with Crippen molar-refractivity contribution in [2.45, 2.75) is 19.4 Å². The van der Waals surface area contributed by atoms with E-state index in [0.717, 1.165) is 17.7 Å². The number of carbonyl (C=O) groups excluding carboxylic acids is 1. The van der Waals surface area contributed by atoms with Gasteiger partial charge in [-0.05, 0) is 17.7 Å². The number of halogens is 3. The summed E-state index contributed by atoms with van der Waals surface area (Å²) in [6, 6.07) is 12.3. The van der Waals surface area contributed by atoms with Gasteiger partial charge in [0.25, 0.3) is 0 Å². The van der Waals surface area contributed by atoms with E-state index in [-0.39, 0.29) is 25.1 Å². The van der Waals surface area contributed by atoms with Crippen molar-refractivity contribution in [2.24, 2.45) is 0 Å². The van der Waals surface area contributed by atoms with Crippen molar-refractivity contribution >= 4 is 6.09 Å². The summed E-state index contributed by atoms with van der Waals surface area (Å²) in [7, 11) is 0. The second-order valence-corrected chi connectivity index (χ2v) is 5.27. The molecule has 8 heteroatoms. The number of phenols is 1. The molecule has 0 spiro atoms. The summed E-state index contributed by atoms with van der Waals surface area (Å²) in [5.74, 6) is 4.34. The van der Waals surface area contributed by atoms with Gasteiger partial charge in [-0.1, -0.05) is 42.2 Å². The summed E-state index contributed by atoms with van der Waals surface area (Å²) < 4.78 is 45.0. The highest BCUT2D eigenvalue weighted by Gasteiger charge is 2.31. The lowest BCUT2D eigenvalue weighted by Crippen LogP contribution is -2.24. The zero-order chi connectivity index (χ0) is 19.7. The lowest BCUT2D eigenvalue weighted by Gasteiger charge is -2.09. The molecule has 0 saturated heterocycles. The van der Waals surface area contributed by atoms with Crippen LogP contribution in [0.5, 0.6) is 11.5 Å². The summed E-state index contributed by atoms with van der Waals surface area (Å²) in [6.07, 6.45) is -5.15.